The Labute approximate surface area is 123 Å². The number of halogens is 1. The van der Waals surface area contributed by atoms with Gasteiger partial charge in [-0.25, -0.2) is 0 Å². The molecule has 4 heteroatoms. The van der Waals surface area contributed by atoms with Crippen LogP contribution in [-0.2, 0) is 0 Å². The maximum Gasteiger partial charge on any atom is 0.121 e. The molecule has 2 atom stereocenters. The number of rotatable bonds is 3. The van der Waals surface area contributed by atoms with Crippen molar-refractivity contribution in [2.24, 2.45) is 0 Å². The summed E-state index contributed by atoms with van der Waals surface area (Å²) in [5.74, 6) is 0.904. The summed E-state index contributed by atoms with van der Waals surface area (Å²) in [5, 5.41) is 3.69. The first kappa shape index (κ1) is 13.3. The van der Waals surface area contributed by atoms with Crippen molar-refractivity contribution in [3.63, 3.8) is 0 Å². The molecule has 2 bridgehead atoms. The Morgan fingerprint density at radius 3 is 2.58 bits per heavy atom. The maximum absolute atomic E-state index is 5.30. The van der Waals surface area contributed by atoms with Crippen molar-refractivity contribution in [1.82, 2.24) is 4.90 Å². The Morgan fingerprint density at radius 1 is 1.26 bits per heavy atom. The maximum atomic E-state index is 5.30. The van der Waals surface area contributed by atoms with Gasteiger partial charge >= 0.3 is 0 Å². The number of hydrogen-bond acceptors (Lipinski definition) is 3. The van der Waals surface area contributed by atoms with E-state index in [-0.39, 0.29) is 0 Å². The average molecular weight is 325 g/mol. The Hall–Kier alpha value is -0.740. The molecule has 2 unspecified atom stereocenters. The van der Waals surface area contributed by atoms with E-state index in [2.05, 4.69) is 39.3 Å². The van der Waals surface area contributed by atoms with E-state index in [1.54, 1.807) is 7.11 Å². The highest BCUT2D eigenvalue weighted by molar-refractivity contribution is 9.10. The molecule has 19 heavy (non-hydrogen) atoms. The van der Waals surface area contributed by atoms with Crippen molar-refractivity contribution in [3.05, 3.63) is 22.7 Å². The normalized spacial score (nSPS) is 30.4. The topological polar surface area (TPSA) is 24.5 Å². The summed E-state index contributed by atoms with van der Waals surface area (Å²) in [6, 6.07) is 8.21. The van der Waals surface area contributed by atoms with Crippen LogP contribution in [0.15, 0.2) is 22.7 Å². The zero-order valence-electron chi connectivity index (χ0n) is 11.5. The lowest BCUT2D eigenvalue weighted by Crippen LogP contribution is -2.44. The van der Waals surface area contributed by atoms with Crippen LogP contribution in [-0.4, -0.2) is 37.2 Å². The summed E-state index contributed by atoms with van der Waals surface area (Å²) >= 11 is 3.62. The highest BCUT2D eigenvalue weighted by Gasteiger charge is 2.38. The predicted octanol–water partition coefficient (Wildman–Crippen LogP) is 3.49. The van der Waals surface area contributed by atoms with Crippen LogP contribution in [0.2, 0.25) is 0 Å². The number of fused-ring (bicyclic) bond motifs is 2. The summed E-state index contributed by atoms with van der Waals surface area (Å²) in [4.78, 5) is 2.57. The van der Waals surface area contributed by atoms with Gasteiger partial charge in [0.25, 0.3) is 0 Å². The van der Waals surface area contributed by atoms with Gasteiger partial charge < -0.3 is 15.0 Å². The highest BCUT2D eigenvalue weighted by Crippen LogP contribution is 2.36. The average Bonchev–Trinajstić information content (AvgIpc) is 2.64. The van der Waals surface area contributed by atoms with Gasteiger partial charge in [-0.15, -0.1) is 0 Å². The van der Waals surface area contributed by atoms with Crippen molar-refractivity contribution >= 4 is 21.6 Å². The molecule has 3 nitrogen and oxygen atoms in total. The highest BCUT2D eigenvalue weighted by atomic mass is 79.9. The molecule has 0 aliphatic carbocycles. The summed E-state index contributed by atoms with van der Waals surface area (Å²) in [7, 11) is 3.99. The Morgan fingerprint density at radius 2 is 1.95 bits per heavy atom. The number of nitrogens with zero attached hydrogens (tertiary/aromatic N) is 1. The third-order valence-electron chi connectivity index (χ3n) is 4.63. The second-order valence-corrected chi connectivity index (χ2v) is 6.56. The van der Waals surface area contributed by atoms with Crippen molar-refractivity contribution in [2.45, 2.75) is 43.8 Å². The SMILES string of the molecule is COc1ccc(Br)c(NC2CC3CCC(C2)N3C)c1. The molecule has 0 aromatic heterocycles. The monoisotopic (exact) mass is 324 g/mol. The van der Waals surface area contributed by atoms with E-state index in [0.717, 1.165) is 28.0 Å². The Balaban J connectivity index is 1.72. The van der Waals surface area contributed by atoms with Crippen LogP contribution < -0.4 is 10.1 Å². The zero-order valence-corrected chi connectivity index (χ0v) is 13.1. The van der Waals surface area contributed by atoms with Gasteiger partial charge in [0.05, 0.1) is 12.8 Å². The molecule has 2 aliphatic heterocycles. The molecule has 2 heterocycles. The van der Waals surface area contributed by atoms with Crippen LogP contribution in [0.5, 0.6) is 5.75 Å². The molecule has 3 rings (SSSR count). The van der Waals surface area contributed by atoms with Crippen molar-refractivity contribution in [1.29, 1.82) is 0 Å². The number of benzene rings is 1. The lowest BCUT2D eigenvalue weighted by Gasteiger charge is -2.37. The van der Waals surface area contributed by atoms with Crippen molar-refractivity contribution in [3.8, 4) is 5.75 Å². The molecule has 1 aromatic carbocycles. The van der Waals surface area contributed by atoms with Crippen LogP contribution in [0.3, 0.4) is 0 Å². The van der Waals surface area contributed by atoms with E-state index in [0.29, 0.717) is 6.04 Å². The van der Waals surface area contributed by atoms with E-state index >= 15 is 0 Å². The van der Waals surface area contributed by atoms with Gasteiger partial charge in [-0.2, -0.15) is 0 Å². The number of hydrogen-bond donors (Lipinski definition) is 1. The van der Waals surface area contributed by atoms with Crippen LogP contribution in [0.25, 0.3) is 0 Å². The number of ether oxygens (including phenoxy) is 1. The third kappa shape index (κ3) is 2.61. The predicted molar refractivity (Wildman–Crippen MR) is 81.9 cm³/mol. The first-order chi connectivity index (χ1) is 9.17. The Bertz CT molecular complexity index is 451. The minimum absolute atomic E-state index is 0.581. The molecule has 2 fully saturated rings. The van der Waals surface area contributed by atoms with Gasteiger partial charge in [-0.05, 0) is 60.8 Å². The third-order valence-corrected chi connectivity index (χ3v) is 5.32. The quantitative estimate of drug-likeness (QED) is 0.921. The number of methoxy groups -OCH3 is 1. The molecule has 1 aromatic rings. The van der Waals surface area contributed by atoms with Crippen LogP contribution in [0.4, 0.5) is 5.69 Å². The fourth-order valence-corrected chi connectivity index (χ4v) is 3.85. The smallest absolute Gasteiger partial charge is 0.121 e. The summed E-state index contributed by atoms with van der Waals surface area (Å²) in [6.07, 6.45) is 5.21. The second-order valence-electron chi connectivity index (χ2n) is 5.71. The van der Waals surface area contributed by atoms with Gasteiger partial charge in [0, 0.05) is 28.7 Å². The largest absolute Gasteiger partial charge is 0.497 e. The first-order valence-electron chi connectivity index (χ1n) is 6.99. The van der Waals surface area contributed by atoms with Gasteiger partial charge in [0.1, 0.15) is 5.75 Å². The molecular formula is C15H21BrN2O. The lowest BCUT2D eigenvalue weighted by atomic mass is 9.98. The van der Waals surface area contributed by atoms with E-state index < -0.39 is 0 Å². The van der Waals surface area contributed by atoms with Crippen LogP contribution in [0, 0.1) is 0 Å². The molecule has 1 N–H and O–H groups in total. The van der Waals surface area contributed by atoms with Gasteiger partial charge in [0.2, 0.25) is 0 Å². The molecule has 0 saturated carbocycles. The minimum atomic E-state index is 0.581. The Kier molecular flexibility index (Phi) is 3.72. The first-order valence-corrected chi connectivity index (χ1v) is 7.78. The molecule has 2 aliphatic rings. The van der Waals surface area contributed by atoms with Crippen LogP contribution in [0.1, 0.15) is 25.7 Å². The standard InChI is InChI=1S/C15H21BrN2O/c1-18-11-3-4-12(18)8-10(7-11)17-15-9-13(19-2)5-6-14(15)16/h5-6,9-12,17H,3-4,7-8H2,1-2H3. The zero-order chi connectivity index (χ0) is 13.4. The number of piperidine rings is 1. The molecule has 0 amide bonds. The molecular weight excluding hydrogens is 304 g/mol. The molecule has 2 saturated heterocycles. The summed E-state index contributed by atoms with van der Waals surface area (Å²) in [5.41, 5.74) is 1.15. The fraction of sp³-hybridized carbons (Fsp3) is 0.600. The lowest BCUT2D eigenvalue weighted by molar-refractivity contribution is 0.169. The van der Waals surface area contributed by atoms with Crippen molar-refractivity contribution in [2.75, 3.05) is 19.5 Å². The van der Waals surface area contributed by atoms with Gasteiger partial charge in [0.15, 0.2) is 0 Å². The van der Waals surface area contributed by atoms with E-state index in [1.165, 1.54) is 25.7 Å². The summed E-state index contributed by atoms with van der Waals surface area (Å²) < 4.78 is 6.41. The van der Waals surface area contributed by atoms with E-state index in [4.69, 9.17) is 4.74 Å². The molecule has 104 valence electrons. The van der Waals surface area contributed by atoms with Gasteiger partial charge in [-0.1, -0.05) is 0 Å². The van der Waals surface area contributed by atoms with Crippen LogP contribution >= 0.6 is 15.9 Å². The van der Waals surface area contributed by atoms with Gasteiger partial charge in [-0.3, -0.25) is 0 Å². The van der Waals surface area contributed by atoms with E-state index in [1.807, 2.05) is 12.1 Å². The molecule has 0 radical (unpaired) electrons. The fourth-order valence-electron chi connectivity index (χ4n) is 3.49. The summed E-state index contributed by atoms with van der Waals surface area (Å²) in [6.45, 7) is 0. The molecule has 0 spiro atoms. The number of nitrogens with one attached hydrogen (secondary N) is 1. The van der Waals surface area contributed by atoms with E-state index in [9.17, 15) is 0 Å². The second kappa shape index (κ2) is 5.33. The minimum Gasteiger partial charge on any atom is -0.497 e. The van der Waals surface area contributed by atoms with Crippen molar-refractivity contribution < 1.29 is 4.74 Å². The number of anilines is 1.